The molecule has 78 valence electrons. The van der Waals surface area contributed by atoms with Crippen molar-refractivity contribution >= 4 is 15.9 Å². The van der Waals surface area contributed by atoms with E-state index in [-0.39, 0.29) is 5.33 Å². The molecule has 0 spiro atoms. The van der Waals surface area contributed by atoms with Crippen LogP contribution in [-0.4, -0.2) is 26.6 Å². The summed E-state index contributed by atoms with van der Waals surface area (Å²) in [6.45, 7) is 1.70. The maximum atomic E-state index is 12.8. The predicted molar refractivity (Wildman–Crippen MR) is 53.7 cm³/mol. The molecule has 0 saturated carbocycles. The molecule has 2 atom stereocenters. The van der Waals surface area contributed by atoms with Gasteiger partial charge in [0, 0.05) is 11.5 Å². The Kier molecular flexibility index (Phi) is 3.97. The molecule has 2 unspecified atom stereocenters. The molecular weight excluding hydrogens is 253 g/mol. The molecule has 0 amide bonds. The molecule has 0 bridgehead atoms. The molecule has 14 heavy (non-hydrogen) atoms. The van der Waals surface area contributed by atoms with Crippen molar-refractivity contribution in [3.8, 4) is 0 Å². The van der Waals surface area contributed by atoms with Gasteiger partial charge in [-0.15, -0.1) is 0 Å². The largest absolute Gasteiger partial charge is 0.389 e. The first-order chi connectivity index (χ1) is 6.56. The highest BCUT2D eigenvalue weighted by Crippen LogP contribution is 2.21. The van der Waals surface area contributed by atoms with Crippen molar-refractivity contribution in [3.05, 3.63) is 29.3 Å². The van der Waals surface area contributed by atoms with Gasteiger partial charge in [0.05, 0.1) is 6.10 Å². The van der Waals surface area contributed by atoms with Gasteiger partial charge in [0.2, 0.25) is 5.95 Å². The fourth-order valence-corrected chi connectivity index (χ4v) is 1.48. The summed E-state index contributed by atoms with van der Waals surface area (Å²) >= 11 is 3.04. The second kappa shape index (κ2) is 4.82. The summed E-state index contributed by atoms with van der Waals surface area (Å²) in [5.74, 6) is -0.661. The first-order valence-corrected chi connectivity index (χ1v) is 5.22. The molecule has 0 radical (unpaired) electrons. The molecule has 1 heterocycles. The van der Waals surface area contributed by atoms with E-state index in [1.54, 1.807) is 6.92 Å². The van der Waals surface area contributed by atoms with Crippen LogP contribution in [0.2, 0.25) is 0 Å². The Bertz CT molecular complexity index is 322. The monoisotopic (exact) mass is 263 g/mol. The van der Waals surface area contributed by atoms with Gasteiger partial charge < -0.3 is 10.2 Å². The van der Waals surface area contributed by atoms with E-state index in [1.165, 1.54) is 6.20 Å². The second-order valence-corrected chi connectivity index (χ2v) is 3.68. The molecule has 1 aromatic heterocycles. The van der Waals surface area contributed by atoms with E-state index in [9.17, 15) is 14.6 Å². The van der Waals surface area contributed by atoms with E-state index in [1.807, 2.05) is 0 Å². The Balaban J connectivity index is 2.99. The molecule has 0 saturated heterocycles. The summed E-state index contributed by atoms with van der Waals surface area (Å²) in [4.78, 5) is 3.44. The van der Waals surface area contributed by atoms with E-state index in [0.717, 1.165) is 6.07 Å². The molecule has 0 aliphatic heterocycles. The number of hydrogen-bond acceptors (Lipinski definition) is 3. The maximum Gasteiger partial charge on any atom is 0.213 e. The quantitative estimate of drug-likeness (QED) is 0.639. The second-order valence-electron chi connectivity index (χ2n) is 3.03. The van der Waals surface area contributed by atoms with Crippen LogP contribution in [0.1, 0.15) is 17.2 Å². The summed E-state index contributed by atoms with van der Waals surface area (Å²) < 4.78 is 12.8. The van der Waals surface area contributed by atoms with E-state index in [4.69, 9.17) is 0 Å². The van der Waals surface area contributed by atoms with Gasteiger partial charge in [-0.3, -0.25) is 0 Å². The lowest BCUT2D eigenvalue weighted by Gasteiger charge is -2.17. The average molecular weight is 264 g/mol. The van der Waals surface area contributed by atoms with Crippen molar-refractivity contribution in [1.29, 1.82) is 0 Å². The molecule has 5 heteroatoms. The molecule has 0 fully saturated rings. The van der Waals surface area contributed by atoms with E-state index < -0.39 is 18.2 Å². The standard InChI is InChI=1S/C9H11BrFNO2/c1-5-4-12-8(11)2-6(5)9(14)7(13)3-10/h2,4,7,9,13-14H,3H2,1H3. The first-order valence-electron chi connectivity index (χ1n) is 4.10. The van der Waals surface area contributed by atoms with Gasteiger partial charge in [-0.1, -0.05) is 15.9 Å². The van der Waals surface area contributed by atoms with Crippen molar-refractivity contribution in [1.82, 2.24) is 4.98 Å². The number of hydrogen-bond donors (Lipinski definition) is 2. The normalized spacial score (nSPS) is 15.2. The third-order valence-electron chi connectivity index (χ3n) is 1.95. The van der Waals surface area contributed by atoms with Crippen LogP contribution in [0.25, 0.3) is 0 Å². The molecule has 0 aliphatic carbocycles. The Hall–Kier alpha value is -0.520. The average Bonchev–Trinajstić information content (AvgIpc) is 2.19. The Morgan fingerprint density at radius 2 is 2.21 bits per heavy atom. The van der Waals surface area contributed by atoms with Crippen LogP contribution in [0.3, 0.4) is 0 Å². The summed E-state index contributed by atoms with van der Waals surface area (Å²) in [5.41, 5.74) is 1.02. The number of nitrogens with zero attached hydrogens (tertiary/aromatic N) is 1. The lowest BCUT2D eigenvalue weighted by Crippen LogP contribution is -2.20. The highest BCUT2D eigenvalue weighted by molar-refractivity contribution is 9.09. The van der Waals surface area contributed by atoms with Gasteiger partial charge in [-0.25, -0.2) is 4.98 Å². The zero-order valence-electron chi connectivity index (χ0n) is 7.61. The third-order valence-corrected chi connectivity index (χ3v) is 2.62. The highest BCUT2D eigenvalue weighted by Gasteiger charge is 2.19. The van der Waals surface area contributed by atoms with Crippen LogP contribution < -0.4 is 0 Å². The third kappa shape index (κ3) is 2.50. The minimum Gasteiger partial charge on any atom is -0.389 e. The van der Waals surface area contributed by atoms with Crippen LogP contribution in [0.4, 0.5) is 4.39 Å². The molecular formula is C9H11BrFNO2. The van der Waals surface area contributed by atoms with Crippen molar-refractivity contribution in [3.63, 3.8) is 0 Å². The minimum absolute atomic E-state index is 0.234. The lowest BCUT2D eigenvalue weighted by molar-refractivity contribution is 0.0336. The van der Waals surface area contributed by atoms with Crippen LogP contribution in [0.15, 0.2) is 12.3 Å². The zero-order valence-corrected chi connectivity index (χ0v) is 9.20. The smallest absolute Gasteiger partial charge is 0.213 e. The number of alkyl halides is 1. The van der Waals surface area contributed by atoms with Crippen LogP contribution in [-0.2, 0) is 0 Å². The van der Waals surface area contributed by atoms with Crippen molar-refractivity contribution in [2.45, 2.75) is 19.1 Å². The number of aliphatic hydroxyl groups is 2. The van der Waals surface area contributed by atoms with E-state index >= 15 is 0 Å². The molecule has 3 nitrogen and oxygen atoms in total. The Labute approximate surface area is 89.7 Å². The number of aliphatic hydroxyl groups excluding tert-OH is 2. The molecule has 2 N–H and O–H groups in total. The number of pyridine rings is 1. The van der Waals surface area contributed by atoms with Crippen molar-refractivity contribution in [2.75, 3.05) is 5.33 Å². The van der Waals surface area contributed by atoms with Gasteiger partial charge in [0.15, 0.2) is 0 Å². The zero-order chi connectivity index (χ0) is 10.7. The van der Waals surface area contributed by atoms with E-state index in [2.05, 4.69) is 20.9 Å². The van der Waals surface area contributed by atoms with Gasteiger partial charge in [0.25, 0.3) is 0 Å². The van der Waals surface area contributed by atoms with Crippen LogP contribution in [0.5, 0.6) is 0 Å². The number of halogens is 2. The van der Waals surface area contributed by atoms with Gasteiger partial charge in [-0.05, 0) is 24.1 Å². The predicted octanol–water partition coefficient (Wildman–Crippen LogP) is 1.32. The van der Waals surface area contributed by atoms with Crippen molar-refractivity contribution < 1.29 is 14.6 Å². The molecule has 1 aromatic rings. The molecule has 0 aromatic carbocycles. The summed E-state index contributed by atoms with van der Waals surface area (Å²) in [6, 6.07) is 1.13. The summed E-state index contributed by atoms with van der Waals surface area (Å²) in [6.07, 6.45) is -0.711. The highest BCUT2D eigenvalue weighted by atomic mass is 79.9. The fraction of sp³-hybridized carbons (Fsp3) is 0.444. The topological polar surface area (TPSA) is 53.4 Å². The van der Waals surface area contributed by atoms with Crippen LogP contribution >= 0.6 is 15.9 Å². The van der Waals surface area contributed by atoms with Gasteiger partial charge in [0.1, 0.15) is 6.10 Å². The number of aryl methyl sites for hydroxylation is 1. The maximum absolute atomic E-state index is 12.8. The summed E-state index contributed by atoms with van der Waals surface area (Å²) in [5, 5.41) is 19.2. The summed E-state index contributed by atoms with van der Waals surface area (Å²) in [7, 11) is 0. The molecule has 1 rings (SSSR count). The fourth-order valence-electron chi connectivity index (χ4n) is 1.12. The lowest BCUT2D eigenvalue weighted by atomic mass is 10.0. The molecule has 0 aliphatic rings. The first kappa shape index (κ1) is 11.6. The Morgan fingerprint density at radius 3 is 2.79 bits per heavy atom. The van der Waals surface area contributed by atoms with Crippen LogP contribution in [0, 0.1) is 12.9 Å². The van der Waals surface area contributed by atoms with Gasteiger partial charge >= 0.3 is 0 Å². The van der Waals surface area contributed by atoms with E-state index in [0.29, 0.717) is 11.1 Å². The number of aromatic nitrogens is 1. The minimum atomic E-state index is -1.09. The Morgan fingerprint density at radius 1 is 1.57 bits per heavy atom. The number of rotatable bonds is 3. The SMILES string of the molecule is Cc1cnc(F)cc1C(O)C(O)CBr. The van der Waals surface area contributed by atoms with Gasteiger partial charge in [-0.2, -0.15) is 4.39 Å². The van der Waals surface area contributed by atoms with Crippen molar-refractivity contribution in [2.24, 2.45) is 0 Å².